The molecule has 4 rings (SSSR count). The number of rotatable bonds is 5. The van der Waals surface area contributed by atoms with Crippen molar-refractivity contribution in [3.8, 4) is 0 Å². The Morgan fingerprint density at radius 1 is 1.18 bits per heavy atom. The molecule has 3 aromatic rings. The third-order valence-corrected chi connectivity index (χ3v) is 5.05. The van der Waals surface area contributed by atoms with Gasteiger partial charge in [0.2, 0.25) is 17.8 Å². The van der Waals surface area contributed by atoms with E-state index in [9.17, 15) is 28.9 Å². The molecule has 1 aliphatic rings. The van der Waals surface area contributed by atoms with E-state index in [4.69, 9.17) is 0 Å². The lowest BCUT2D eigenvalue weighted by molar-refractivity contribution is -0.385. The molecule has 11 nitrogen and oxygen atoms in total. The van der Waals surface area contributed by atoms with Crippen molar-refractivity contribution in [3.63, 3.8) is 0 Å². The molecule has 33 heavy (non-hydrogen) atoms. The number of H-pyrrole nitrogens is 1. The normalized spacial score (nSPS) is 14.7. The second-order valence-electron chi connectivity index (χ2n) is 7.36. The molecule has 0 spiro atoms. The van der Waals surface area contributed by atoms with E-state index in [1.807, 2.05) is 0 Å². The van der Waals surface area contributed by atoms with E-state index in [0.717, 1.165) is 0 Å². The second kappa shape index (κ2) is 8.49. The van der Waals surface area contributed by atoms with E-state index in [1.54, 1.807) is 6.92 Å². The van der Waals surface area contributed by atoms with Crippen LogP contribution in [0.15, 0.2) is 47.3 Å². The first kappa shape index (κ1) is 21.6. The number of hydrogen-bond acceptors (Lipinski definition) is 7. The van der Waals surface area contributed by atoms with Gasteiger partial charge in [0.1, 0.15) is 11.6 Å². The Labute approximate surface area is 185 Å². The molecule has 1 aromatic heterocycles. The van der Waals surface area contributed by atoms with Gasteiger partial charge >= 0.3 is 0 Å². The molecule has 1 atom stereocenters. The molecule has 0 radical (unpaired) electrons. The van der Waals surface area contributed by atoms with Crippen molar-refractivity contribution in [2.45, 2.75) is 19.3 Å². The summed E-state index contributed by atoms with van der Waals surface area (Å²) >= 11 is 0. The number of aryl methyl sites for hydroxylation is 1. The molecule has 0 saturated heterocycles. The van der Waals surface area contributed by atoms with Crippen LogP contribution in [0.3, 0.4) is 0 Å². The van der Waals surface area contributed by atoms with Crippen molar-refractivity contribution in [2.24, 2.45) is 0 Å². The van der Waals surface area contributed by atoms with Crippen LogP contribution in [0.2, 0.25) is 0 Å². The van der Waals surface area contributed by atoms with Crippen molar-refractivity contribution in [3.05, 3.63) is 79.9 Å². The first-order valence-electron chi connectivity index (χ1n) is 9.74. The zero-order valence-corrected chi connectivity index (χ0v) is 17.1. The molecular weight excluding hydrogens is 435 g/mol. The number of nitrogens with zero attached hydrogens (tertiary/aromatic N) is 2. The van der Waals surface area contributed by atoms with Crippen molar-refractivity contribution >= 4 is 40.6 Å². The fraction of sp³-hybridized carbons (Fsp3) is 0.143. The number of benzene rings is 2. The molecule has 168 valence electrons. The Morgan fingerprint density at radius 2 is 1.88 bits per heavy atom. The Hall–Kier alpha value is -4.61. The van der Waals surface area contributed by atoms with Gasteiger partial charge < -0.3 is 16.0 Å². The molecule has 0 fully saturated rings. The number of hydrogen-bond donors (Lipinski definition) is 4. The van der Waals surface area contributed by atoms with E-state index in [2.05, 4.69) is 25.9 Å². The standard InChI is InChI=1S/C21H17FN6O5/c1-10-2-5-13(8-15(10)28(32)33)23-19(30)14-9-16(29)25-18-17(14)20(31)27-21(26-18)24-12-6-3-11(22)4-7-12/h2-8,14H,9H2,1H3,(H,23,30)(H3,24,25,26,27,29,31). The second-order valence-corrected chi connectivity index (χ2v) is 7.36. The number of carbonyl (C=O) groups is 2. The zero-order chi connectivity index (χ0) is 23.7. The van der Waals surface area contributed by atoms with Crippen LogP contribution in [0.1, 0.15) is 23.5 Å². The van der Waals surface area contributed by atoms with Crippen LogP contribution in [0.5, 0.6) is 0 Å². The highest BCUT2D eigenvalue weighted by Crippen LogP contribution is 2.31. The third kappa shape index (κ3) is 4.54. The van der Waals surface area contributed by atoms with E-state index < -0.39 is 34.0 Å². The smallest absolute Gasteiger partial charge is 0.274 e. The Morgan fingerprint density at radius 3 is 2.58 bits per heavy atom. The number of halogens is 1. The third-order valence-electron chi connectivity index (χ3n) is 5.05. The Balaban J connectivity index is 1.63. The monoisotopic (exact) mass is 452 g/mol. The summed E-state index contributed by atoms with van der Waals surface area (Å²) in [5.41, 5.74) is 0.145. The van der Waals surface area contributed by atoms with Gasteiger partial charge in [-0.25, -0.2) is 4.39 Å². The van der Waals surface area contributed by atoms with Crippen LogP contribution >= 0.6 is 0 Å². The number of anilines is 4. The number of fused-ring (bicyclic) bond motifs is 1. The highest BCUT2D eigenvalue weighted by molar-refractivity contribution is 6.04. The maximum absolute atomic E-state index is 13.1. The topological polar surface area (TPSA) is 159 Å². The van der Waals surface area contributed by atoms with E-state index in [-0.39, 0.29) is 35.1 Å². The number of nitro groups is 1. The van der Waals surface area contributed by atoms with Gasteiger partial charge in [-0.3, -0.25) is 29.5 Å². The lowest BCUT2D eigenvalue weighted by Crippen LogP contribution is -2.36. The minimum atomic E-state index is -1.16. The lowest BCUT2D eigenvalue weighted by atomic mass is 9.92. The van der Waals surface area contributed by atoms with Gasteiger partial charge in [-0.1, -0.05) is 6.07 Å². The predicted octanol–water partition coefficient (Wildman–Crippen LogP) is 2.93. The molecule has 12 heteroatoms. The van der Waals surface area contributed by atoms with Gasteiger partial charge in [-0.15, -0.1) is 0 Å². The van der Waals surface area contributed by atoms with Crippen LogP contribution in [0.4, 0.5) is 33.2 Å². The maximum atomic E-state index is 13.1. The minimum Gasteiger partial charge on any atom is -0.326 e. The maximum Gasteiger partial charge on any atom is 0.274 e. The summed E-state index contributed by atoms with van der Waals surface area (Å²) < 4.78 is 13.1. The van der Waals surface area contributed by atoms with E-state index >= 15 is 0 Å². The number of amides is 2. The van der Waals surface area contributed by atoms with Gasteiger partial charge in [0.15, 0.2) is 0 Å². The number of nitro benzene ring substituents is 1. The average molecular weight is 452 g/mol. The quantitative estimate of drug-likeness (QED) is 0.342. The number of aromatic nitrogens is 2. The fourth-order valence-electron chi connectivity index (χ4n) is 3.44. The summed E-state index contributed by atoms with van der Waals surface area (Å²) in [5.74, 6) is -2.91. The van der Waals surface area contributed by atoms with Crippen molar-refractivity contribution in [2.75, 3.05) is 16.0 Å². The Bertz CT molecular complexity index is 1340. The summed E-state index contributed by atoms with van der Waals surface area (Å²) in [6.45, 7) is 1.56. The fourth-order valence-corrected chi connectivity index (χ4v) is 3.44. The van der Waals surface area contributed by atoms with Crippen LogP contribution in [-0.4, -0.2) is 26.7 Å². The largest absolute Gasteiger partial charge is 0.326 e. The zero-order valence-electron chi connectivity index (χ0n) is 17.1. The van der Waals surface area contributed by atoms with Crippen LogP contribution in [-0.2, 0) is 9.59 Å². The molecule has 0 bridgehead atoms. The molecule has 2 aromatic carbocycles. The van der Waals surface area contributed by atoms with Crippen molar-refractivity contribution in [1.29, 1.82) is 0 Å². The highest BCUT2D eigenvalue weighted by atomic mass is 19.1. The number of nitrogens with one attached hydrogen (secondary N) is 4. The molecule has 1 aliphatic heterocycles. The first-order valence-corrected chi connectivity index (χ1v) is 9.74. The summed E-state index contributed by atoms with van der Waals surface area (Å²) in [6.07, 6.45) is -0.303. The Kier molecular flexibility index (Phi) is 5.56. The summed E-state index contributed by atoms with van der Waals surface area (Å²) in [6, 6.07) is 9.48. The number of aromatic amines is 1. The van der Waals surface area contributed by atoms with Gasteiger partial charge in [-0.2, -0.15) is 4.98 Å². The molecule has 0 aliphatic carbocycles. The van der Waals surface area contributed by atoms with Gasteiger partial charge in [-0.05, 0) is 37.3 Å². The summed E-state index contributed by atoms with van der Waals surface area (Å²) in [7, 11) is 0. The van der Waals surface area contributed by atoms with Gasteiger partial charge in [0, 0.05) is 29.4 Å². The summed E-state index contributed by atoms with van der Waals surface area (Å²) in [4.78, 5) is 55.1. The SMILES string of the molecule is Cc1ccc(NC(=O)C2CC(=O)Nc3nc(Nc4ccc(F)cc4)[nH]c(=O)c32)cc1[N+](=O)[O-]. The van der Waals surface area contributed by atoms with Crippen molar-refractivity contribution < 1.29 is 18.9 Å². The average Bonchev–Trinajstić information content (AvgIpc) is 2.75. The van der Waals surface area contributed by atoms with Crippen LogP contribution in [0, 0.1) is 22.9 Å². The minimum absolute atomic E-state index is 0.0131. The van der Waals surface area contributed by atoms with Gasteiger partial charge in [0.05, 0.1) is 16.4 Å². The number of carbonyl (C=O) groups excluding carboxylic acids is 2. The summed E-state index contributed by atoms with van der Waals surface area (Å²) in [5, 5.41) is 19.0. The lowest BCUT2D eigenvalue weighted by Gasteiger charge is -2.23. The van der Waals surface area contributed by atoms with E-state index in [1.165, 1.54) is 42.5 Å². The van der Waals surface area contributed by atoms with Gasteiger partial charge in [0.25, 0.3) is 11.2 Å². The molecular formula is C21H17FN6O5. The highest BCUT2D eigenvalue weighted by Gasteiger charge is 2.35. The molecule has 1 unspecified atom stereocenters. The van der Waals surface area contributed by atoms with E-state index in [0.29, 0.717) is 11.3 Å². The van der Waals surface area contributed by atoms with Crippen LogP contribution in [0.25, 0.3) is 0 Å². The first-order chi connectivity index (χ1) is 15.7. The van der Waals surface area contributed by atoms with Crippen molar-refractivity contribution in [1.82, 2.24) is 9.97 Å². The molecule has 2 amide bonds. The molecule has 0 saturated carbocycles. The van der Waals surface area contributed by atoms with Crippen LogP contribution < -0.4 is 21.5 Å². The molecule has 4 N–H and O–H groups in total. The molecule has 2 heterocycles. The predicted molar refractivity (Wildman–Crippen MR) is 117 cm³/mol.